The highest BCUT2D eigenvalue weighted by molar-refractivity contribution is 5.35. The summed E-state index contributed by atoms with van der Waals surface area (Å²) < 4.78 is 24.8. The molecule has 1 aliphatic heterocycles. The lowest BCUT2D eigenvalue weighted by Gasteiger charge is -2.16. The standard InChI is InChI=1S/C14H20FNO2/c1-2-7-16-9-11-4-3-5-13(15)14(11)18-12-6-8-17-10-12/h3-5,12,16H,2,6-10H2,1H3. The summed E-state index contributed by atoms with van der Waals surface area (Å²) >= 11 is 0. The minimum atomic E-state index is -0.294. The van der Waals surface area contributed by atoms with Gasteiger partial charge in [-0.15, -0.1) is 0 Å². The average molecular weight is 253 g/mol. The van der Waals surface area contributed by atoms with Gasteiger partial charge in [0, 0.05) is 18.5 Å². The van der Waals surface area contributed by atoms with Gasteiger partial charge in [0.2, 0.25) is 0 Å². The number of rotatable bonds is 6. The second-order valence-corrected chi connectivity index (χ2v) is 4.51. The fraction of sp³-hybridized carbons (Fsp3) is 0.571. The van der Waals surface area contributed by atoms with Crippen LogP contribution < -0.4 is 10.1 Å². The van der Waals surface area contributed by atoms with Crippen LogP contribution in [-0.2, 0) is 11.3 Å². The van der Waals surface area contributed by atoms with E-state index < -0.39 is 0 Å². The normalized spacial score (nSPS) is 19.1. The first-order valence-electron chi connectivity index (χ1n) is 6.53. The van der Waals surface area contributed by atoms with Crippen molar-refractivity contribution in [1.82, 2.24) is 5.32 Å². The number of hydrogen-bond donors (Lipinski definition) is 1. The van der Waals surface area contributed by atoms with Crippen molar-refractivity contribution in [3.05, 3.63) is 29.6 Å². The molecule has 0 aliphatic carbocycles. The molecule has 2 rings (SSSR count). The molecule has 0 bridgehead atoms. The average Bonchev–Trinajstić information content (AvgIpc) is 2.86. The number of halogens is 1. The molecule has 1 N–H and O–H groups in total. The van der Waals surface area contributed by atoms with Crippen molar-refractivity contribution in [3.63, 3.8) is 0 Å². The van der Waals surface area contributed by atoms with Crippen molar-refractivity contribution >= 4 is 0 Å². The Labute approximate surface area is 107 Å². The Bertz CT molecular complexity index is 378. The maximum atomic E-state index is 13.8. The SMILES string of the molecule is CCCNCc1cccc(F)c1OC1CCOC1. The van der Waals surface area contributed by atoms with Crippen LogP contribution in [-0.4, -0.2) is 25.9 Å². The molecule has 1 atom stereocenters. The van der Waals surface area contributed by atoms with Gasteiger partial charge < -0.3 is 14.8 Å². The highest BCUT2D eigenvalue weighted by Gasteiger charge is 2.20. The zero-order valence-electron chi connectivity index (χ0n) is 10.7. The summed E-state index contributed by atoms with van der Waals surface area (Å²) in [5.41, 5.74) is 0.871. The first kappa shape index (κ1) is 13.3. The predicted molar refractivity (Wildman–Crippen MR) is 68.2 cm³/mol. The zero-order valence-corrected chi connectivity index (χ0v) is 10.7. The Hall–Kier alpha value is -1.13. The summed E-state index contributed by atoms with van der Waals surface area (Å²) in [4.78, 5) is 0. The first-order valence-corrected chi connectivity index (χ1v) is 6.53. The summed E-state index contributed by atoms with van der Waals surface area (Å²) in [5.74, 6) is 0.0781. The van der Waals surface area contributed by atoms with E-state index in [1.807, 2.05) is 6.07 Å². The largest absolute Gasteiger partial charge is 0.485 e. The smallest absolute Gasteiger partial charge is 0.165 e. The fourth-order valence-electron chi connectivity index (χ4n) is 2.00. The fourth-order valence-corrected chi connectivity index (χ4v) is 2.00. The molecule has 4 heteroatoms. The molecule has 0 aromatic heterocycles. The summed E-state index contributed by atoms with van der Waals surface area (Å²) in [6, 6.07) is 5.06. The summed E-state index contributed by atoms with van der Waals surface area (Å²) in [7, 11) is 0. The van der Waals surface area contributed by atoms with E-state index >= 15 is 0 Å². The zero-order chi connectivity index (χ0) is 12.8. The molecule has 0 saturated carbocycles. The maximum absolute atomic E-state index is 13.8. The van der Waals surface area contributed by atoms with E-state index in [2.05, 4.69) is 12.2 Å². The topological polar surface area (TPSA) is 30.5 Å². The summed E-state index contributed by atoms with van der Waals surface area (Å²) in [5, 5.41) is 3.27. The molecule has 0 radical (unpaired) electrons. The van der Waals surface area contributed by atoms with E-state index in [0.717, 1.165) is 24.9 Å². The van der Waals surface area contributed by atoms with E-state index in [0.29, 0.717) is 25.5 Å². The van der Waals surface area contributed by atoms with Gasteiger partial charge >= 0.3 is 0 Å². The third kappa shape index (κ3) is 3.43. The number of para-hydroxylation sites is 1. The highest BCUT2D eigenvalue weighted by atomic mass is 19.1. The molecule has 1 aromatic rings. The first-order chi connectivity index (χ1) is 8.81. The van der Waals surface area contributed by atoms with E-state index in [1.165, 1.54) is 6.07 Å². The molecular weight excluding hydrogens is 233 g/mol. The number of benzene rings is 1. The minimum absolute atomic E-state index is 0.0215. The molecule has 0 spiro atoms. The molecule has 3 nitrogen and oxygen atoms in total. The Morgan fingerprint density at radius 1 is 1.50 bits per heavy atom. The Kier molecular flexibility index (Phi) is 4.96. The third-order valence-electron chi connectivity index (χ3n) is 2.96. The predicted octanol–water partition coefficient (Wildman–Crippen LogP) is 2.49. The quantitative estimate of drug-likeness (QED) is 0.790. The van der Waals surface area contributed by atoms with E-state index in [9.17, 15) is 4.39 Å². The van der Waals surface area contributed by atoms with Crippen LogP contribution in [0.5, 0.6) is 5.75 Å². The van der Waals surface area contributed by atoms with E-state index in [-0.39, 0.29) is 11.9 Å². The molecule has 0 amide bonds. The van der Waals surface area contributed by atoms with Crippen LogP contribution in [0.4, 0.5) is 4.39 Å². The molecule has 1 saturated heterocycles. The van der Waals surface area contributed by atoms with Crippen LogP contribution in [0.25, 0.3) is 0 Å². The molecule has 1 heterocycles. The Morgan fingerprint density at radius 2 is 2.39 bits per heavy atom. The van der Waals surface area contributed by atoms with Gasteiger partial charge in [-0.3, -0.25) is 0 Å². The Morgan fingerprint density at radius 3 is 3.11 bits per heavy atom. The summed E-state index contributed by atoms with van der Waals surface area (Å²) in [6.07, 6.45) is 1.87. The van der Waals surface area contributed by atoms with Crippen molar-refractivity contribution in [2.45, 2.75) is 32.4 Å². The number of ether oxygens (including phenoxy) is 2. The van der Waals surface area contributed by atoms with Gasteiger partial charge in [-0.2, -0.15) is 0 Å². The summed E-state index contributed by atoms with van der Waals surface area (Å²) in [6.45, 7) is 4.90. The number of nitrogens with one attached hydrogen (secondary N) is 1. The highest BCUT2D eigenvalue weighted by Crippen LogP contribution is 2.25. The lowest BCUT2D eigenvalue weighted by molar-refractivity contribution is 0.137. The maximum Gasteiger partial charge on any atom is 0.165 e. The minimum Gasteiger partial charge on any atom is -0.485 e. The van der Waals surface area contributed by atoms with E-state index in [4.69, 9.17) is 9.47 Å². The van der Waals surface area contributed by atoms with Gasteiger partial charge in [0.1, 0.15) is 6.10 Å². The monoisotopic (exact) mass is 253 g/mol. The van der Waals surface area contributed by atoms with Crippen LogP contribution >= 0.6 is 0 Å². The van der Waals surface area contributed by atoms with E-state index in [1.54, 1.807) is 6.07 Å². The Balaban J connectivity index is 2.05. The van der Waals surface area contributed by atoms with Gasteiger partial charge in [0.05, 0.1) is 13.2 Å². The van der Waals surface area contributed by atoms with Crippen molar-refractivity contribution < 1.29 is 13.9 Å². The van der Waals surface area contributed by atoms with Crippen LogP contribution in [0.1, 0.15) is 25.3 Å². The molecule has 1 unspecified atom stereocenters. The molecule has 1 fully saturated rings. The molecule has 18 heavy (non-hydrogen) atoms. The van der Waals surface area contributed by atoms with Crippen molar-refractivity contribution in [2.75, 3.05) is 19.8 Å². The van der Waals surface area contributed by atoms with Crippen LogP contribution in [0.2, 0.25) is 0 Å². The van der Waals surface area contributed by atoms with Crippen molar-refractivity contribution in [3.8, 4) is 5.75 Å². The second-order valence-electron chi connectivity index (χ2n) is 4.51. The van der Waals surface area contributed by atoms with Crippen molar-refractivity contribution in [1.29, 1.82) is 0 Å². The van der Waals surface area contributed by atoms with Crippen LogP contribution in [0.15, 0.2) is 18.2 Å². The van der Waals surface area contributed by atoms with Gasteiger partial charge in [-0.25, -0.2) is 4.39 Å². The third-order valence-corrected chi connectivity index (χ3v) is 2.96. The van der Waals surface area contributed by atoms with Gasteiger partial charge in [0.15, 0.2) is 11.6 Å². The molecule has 1 aromatic carbocycles. The molecule has 100 valence electrons. The second kappa shape index (κ2) is 6.71. The van der Waals surface area contributed by atoms with Gasteiger partial charge in [0.25, 0.3) is 0 Å². The van der Waals surface area contributed by atoms with Crippen LogP contribution in [0, 0.1) is 5.82 Å². The lowest BCUT2D eigenvalue weighted by atomic mass is 10.2. The van der Waals surface area contributed by atoms with Gasteiger partial charge in [-0.05, 0) is 19.0 Å². The van der Waals surface area contributed by atoms with Gasteiger partial charge in [-0.1, -0.05) is 19.1 Å². The number of hydrogen-bond acceptors (Lipinski definition) is 3. The van der Waals surface area contributed by atoms with Crippen LogP contribution in [0.3, 0.4) is 0 Å². The lowest BCUT2D eigenvalue weighted by Crippen LogP contribution is -2.20. The van der Waals surface area contributed by atoms with Crippen molar-refractivity contribution in [2.24, 2.45) is 0 Å². The molecule has 1 aliphatic rings. The molecular formula is C14H20FNO2.